The minimum absolute atomic E-state index is 0.366. The SMILES string of the molecule is NCc1ccc(OCCCF)cc1Cl. The molecule has 1 aromatic carbocycles. The first-order chi connectivity index (χ1) is 6.77. The zero-order valence-electron chi connectivity index (χ0n) is 7.80. The van der Waals surface area contributed by atoms with Crippen molar-refractivity contribution < 1.29 is 9.13 Å². The van der Waals surface area contributed by atoms with Gasteiger partial charge in [-0.1, -0.05) is 17.7 Å². The van der Waals surface area contributed by atoms with Gasteiger partial charge in [0.1, 0.15) is 5.75 Å². The Hall–Kier alpha value is -0.800. The molecule has 0 radical (unpaired) electrons. The predicted molar refractivity (Wildman–Crippen MR) is 55.4 cm³/mol. The summed E-state index contributed by atoms with van der Waals surface area (Å²) in [4.78, 5) is 0. The minimum Gasteiger partial charge on any atom is -0.493 e. The molecule has 0 heterocycles. The Kier molecular flexibility index (Phi) is 4.70. The van der Waals surface area contributed by atoms with E-state index in [0.29, 0.717) is 30.3 Å². The van der Waals surface area contributed by atoms with Gasteiger partial charge in [-0.3, -0.25) is 4.39 Å². The molecule has 0 aliphatic rings. The summed E-state index contributed by atoms with van der Waals surface area (Å²) in [5.41, 5.74) is 6.33. The lowest BCUT2D eigenvalue weighted by Gasteiger charge is -2.07. The molecule has 0 amide bonds. The molecule has 78 valence electrons. The molecular weight excluding hydrogens is 205 g/mol. The van der Waals surface area contributed by atoms with E-state index in [1.54, 1.807) is 12.1 Å². The fraction of sp³-hybridized carbons (Fsp3) is 0.400. The van der Waals surface area contributed by atoms with Crippen LogP contribution in [0.1, 0.15) is 12.0 Å². The zero-order chi connectivity index (χ0) is 10.4. The van der Waals surface area contributed by atoms with Crippen LogP contribution < -0.4 is 10.5 Å². The van der Waals surface area contributed by atoms with E-state index >= 15 is 0 Å². The van der Waals surface area contributed by atoms with Crippen molar-refractivity contribution in [1.82, 2.24) is 0 Å². The Bertz CT molecular complexity index is 293. The molecule has 0 fully saturated rings. The summed E-state index contributed by atoms with van der Waals surface area (Å²) in [5, 5.41) is 0.588. The van der Waals surface area contributed by atoms with Gasteiger partial charge < -0.3 is 10.5 Å². The number of alkyl halides is 1. The topological polar surface area (TPSA) is 35.2 Å². The summed E-state index contributed by atoms with van der Waals surface area (Å²) < 4.78 is 17.0. The van der Waals surface area contributed by atoms with Crippen LogP contribution in [0.25, 0.3) is 0 Å². The molecule has 0 aromatic heterocycles. The van der Waals surface area contributed by atoms with Crippen molar-refractivity contribution in [2.75, 3.05) is 13.3 Å². The molecular formula is C10H13ClFNO. The third-order valence-corrected chi connectivity index (χ3v) is 2.14. The van der Waals surface area contributed by atoms with Crippen LogP contribution in [0.15, 0.2) is 18.2 Å². The highest BCUT2D eigenvalue weighted by molar-refractivity contribution is 6.31. The third-order valence-electron chi connectivity index (χ3n) is 1.79. The molecule has 1 aromatic rings. The molecule has 0 unspecified atom stereocenters. The van der Waals surface area contributed by atoms with Crippen LogP contribution in [0, 0.1) is 0 Å². The highest BCUT2D eigenvalue weighted by Gasteiger charge is 2.00. The number of hydrogen-bond acceptors (Lipinski definition) is 2. The maximum absolute atomic E-state index is 11.8. The van der Waals surface area contributed by atoms with Crippen molar-refractivity contribution in [2.45, 2.75) is 13.0 Å². The maximum Gasteiger partial charge on any atom is 0.120 e. The van der Waals surface area contributed by atoms with Gasteiger partial charge >= 0.3 is 0 Å². The van der Waals surface area contributed by atoms with Gasteiger partial charge in [-0.2, -0.15) is 0 Å². The van der Waals surface area contributed by atoms with Gasteiger partial charge in [-0.15, -0.1) is 0 Å². The normalized spacial score (nSPS) is 10.2. The van der Waals surface area contributed by atoms with Crippen molar-refractivity contribution in [3.8, 4) is 5.75 Å². The molecule has 2 N–H and O–H groups in total. The van der Waals surface area contributed by atoms with Gasteiger partial charge in [-0.05, 0) is 17.7 Å². The lowest BCUT2D eigenvalue weighted by molar-refractivity contribution is 0.289. The van der Waals surface area contributed by atoms with E-state index < -0.39 is 0 Å². The number of rotatable bonds is 5. The Balaban J connectivity index is 2.57. The smallest absolute Gasteiger partial charge is 0.120 e. The summed E-state index contributed by atoms with van der Waals surface area (Å²) in [6.45, 7) is 0.410. The van der Waals surface area contributed by atoms with Crippen LogP contribution in [0.4, 0.5) is 4.39 Å². The largest absolute Gasteiger partial charge is 0.493 e. The molecule has 0 atom stereocenters. The summed E-state index contributed by atoms with van der Waals surface area (Å²) in [5.74, 6) is 0.653. The number of benzene rings is 1. The van der Waals surface area contributed by atoms with E-state index in [0.717, 1.165) is 5.56 Å². The van der Waals surface area contributed by atoms with Crippen molar-refractivity contribution in [3.63, 3.8) is 0 Å². The van der Waals surface area contributed by atoms with E-state index in [1.165, 1.54) is 0 Å². The van der Waals surface area contributed by atoms with Crippen molar-refractivity contribution in [2.24, 2.45) is 5.73 Å². The average molecular weight is 218 g/mol. The Labute approximate surface area is 87.8 Å². The van der Waals surface area contributed by atoms with Gasteiger partial charge in [0.15, 0.2) is 0 Å². The van der Waals surface area contributed by atoms with Crippen LogP contribution in [-0.4, -0.2) is 13.3 Å². The second-order valence-corrected chi connectivity index (χ2v) is 3.26. The first-order valence-electron chi connectivity index (χ1n) is 4.45. The third kappa shape index (κ3) is 3.16. The van der Waals surface area contributed by atoms with Crippen LogP contribution >= 0.6 is 11.6 Å². The fourth-order valence-electron chi connectivity index (χ4n) is 1.03. The maximum atomic E-state index is 11.8. The van der Waals surface area contributed by atoms with Gasteiger partial charge in [0.05, 0.1) is 13.3 Å². The van der Waals surface area contributed by atoms with E-state index in [2.05, 4.69) is 0 Å². The van der Waals surface area contributed by atoms with Crippen molar-refractivity contribution >= 4 is 11.6 Å². The lowest BCUT2D eigenvalue weighted by atomic mass is 10.2. The summed E-state index contributed by atoms with van der Waals surface area (Å²) in [7, 11) is 0. The highest BCUT2D eigenvalue weighted by atomic mass is 35.5. The van der Waals surface area contributed by atoms with Gasteiger partial charge in [-0.25, -0.2) is 0 Å². The summed E-state index contributed by atoms with van der Waals surface area (Å²) in [6.07, 6.45) is 0.399. The zero-order valence-corrected chi connectivity index (χ0v) is 8.56. The van der Waals surface area contributed by atoms with Crippen molar-refractivity contribution in [1.29, 1.82) is 0 Å². The minimum atomic E-state index is -0.366. The molecule has 2 nitrogen and oxygen atoms in total. The van der Waals surface area contributed by atoms with Gasteiger partial charge in [0, 0.05) is 18.0 Å². The van der Waals surface area contributed by atoms with Gasteiger partial charge in [0.2, 0.25) is 0 Å². The summed E-state index contributed by atoms with van der Waals surface area (Å²) in [6, 6.07) is 5.29. The quantitative estimate of drug-likeness (QED) is 0.770. The molecule has 1 rings (SSSR count). The molecule has 0 saturated carbocycles. The molecule has 0 aliphatic heterocycles. The number of halogens is 2. The second kappa shape index (κ2) is 5.83. The standard InChI is InChI=1S/C10H13ClFNO/c11-10-6-9(14-5-1-4-12)3-2-8(10)7-13/h2-3,6H,1,4-5,7,13H2. The molecule has 0 aliphatic carbocycles. The first kappa shape index (κ1) is 11.3. The number of nitrogens with two attached hydrogens (primary N) is 1. The van der Waals surface area contributed by atoms with E-state index in [1.807, 2.05) is 6.07 Å². The Morgan fingerprint density at radius 2 is 2.21 bits per heavy atom. The van der Waals surface area contributed by atoms with Gasteiger partial charge in [0.25, 0.3) is 0 Å². The molecule has 14 heavy (non-hydrogen) atoms. The average Bonchev–Trinajstić information content (AvgIpc) is 2.18. The second-order valence-electron chi connectivity index (χ2n) is 2.85. The van der Waals surface area contributed by atoms with E-state index in [-0.39, 0.29) is 6.67 Å². The van der Waals surface area contributed by atoms with Crippen LogP contribution in [0.2, 0.25) is 5.02 Å². The van der Waals surface area contributed by atoms with Crippen LogP contribution in [0.3, 0.4) is 0 Å². The van der Waals surface area contributed by atoms with Crippen molar-refractivity contribution in [3.05, 3.63) is 28.8 Å². The molecule has 0 bridgehead atoms. The Morgan fingerprint density at radius 1 is 1.43 bits per heavy atom. The number of hydrogen-bond donors (Lipinski definition) is 1. The monoisotopic (exact) mass is 217 g/mol. The molecule has 0 saturated heterocycles. The van der Waals surface area contributed by atoms with E-state index in [4.69, 9.17) is 22.1 Å². The lowest BCUT2D eigenvalue weighted by Crippen LogP contribution is -2.00. The fourth-order valence-corrected chi connectivity index (χ4v) is 1.28. The first-order valence-corrected chi connectivity index (χ1v) is 4.83. The summed E-state index contributed by atoms with van der Waals surface area (Å²) >= 11 is 5.91. The molecule has 0 spiro atoms. The van der Waals surface area contributed by atoms with Crippen LogP contribution in [-0.2, 0) is 6.54 Å². The Morgan fingerprint density at radius 3 is 2.79 bits per heavy atom. The van der Waals surface area contributed by atoms with E-state index in [9.17, 15) is 4.39 Å². The number of ether oxygens (including phenoxy) is 1. The molecule has 4 heteroatoms. The predicted octanol–water partition coefficient (Wildman–Crippen LogP) is 2.54. The van der Waals surface area contributed by atoms with Crippen LogP contribution in [0.5, 0.6) is 5.75 Å². The highest BCUT2D eigenvalue weighted by Crippen LogP contribution is 2.22.